The van der Waals surface area contributed by atoms with Gasteiger partial charge in [0.1, 0.15) is 5.75 Å². The Morgan fingerprint density at radius 2 is 1.88 bits per heavy atom. The molecular weight excluding hydrogens is 406 g/mol. The molecule has 4 aromatic rings. The number of ether oxygens (including phenoxy) is 1. The van der Waals surface area contributed by atoms with E-state index in [-0.39, 0.29) is 12.5 Å². The second kappa shape index (κ2) is 9.47. The van der Waals surface area contributed by atoms with Gasteiger partial charge >= 0.3 is 0 Å². The molecule has 32 heavy (non-hydrogen) atoms. The average molecular weight is 431 g/mol. The topological polar surface area (TPSA) is 86.3 Å². The van der Waals surface area contributed by atoms with Gasteiger partial charge in [0.05, 0.1) is 12.7 Å². The lowest BCUT2D eigenvalue weighted by Gasteiger charge is -2.23. The van der Waals surface area contributed by atoms with Crippen molar-refractivity contribution in [1.29, 1.82) is 0 Å². The number of aromatic nitrogens is 4. The number of benzene rings is 2. The largest absolute Gasteiger partial charge is 0.485 e. The Bertz CT molecular complexity index is 1180. The van der Waals surface area contributed by atoms with E-state index in [2.05, 4.69) is 15.2 Å². The van der Waals surface area contributed by atoms with E-state index in [1.165, 1.54) is 0 Å². The fourth-order valence-corrected chi connectivity index (χ4v) is 3.23. The van der Waals surface area contributed by atoms with Crippen molar-refractivity contribution in [3.63, 3.8) is 0 Å². The molecule has 164 valence electrons. The molecule has 0 fully saturated rings. The molecule has 2 aromatic carbocycles. The van der Waals surface area contributed by atoms with Gasteiger partial charge < -0.3 is 14.2 Å². The standard InChI is InChI=1S/C24H25N5O3/c1-4-23-26-22(27-32-23)16-31-21-11-7-19(8-12-21)24(30)29(15-18-13-25-28(3)14-18)20-9-5-17(2)6-10-20/h5-14H,4,15-16H2,1-3H3. The Hall–Kier alpha value is -3.94. The van der Waals surface area contributed by atoms with Gasteiger partial charge in [-0.05, 0) is 43.3 Å². The first-order valence-corrected chi connectivity index (χ1v) is 10.4. The van der Waals surface area contributed by atoms with Crippen molar-refractivity contribution >= 4 is 11.6 Å². The molecule has 0 saturated heterocycles. The maximum absolute atomic E-state index is 13.4. The van der Waals surface area contributed by atoms with Crippen LogP contribution in [-0.4, -0.2) is 25.8 Å². The lowest BCUT2D eigenvalue weighted by molar-refractivity contribution is 0.0985. The molecular formula is C24H25N5O3. The fourth-order valence-electron chi connectivity index (χ4n) is 3.23. The molecule has 1 amide bonds. The van der Waals surface area contributed by atoms with Gasteiger partial charge in [0.25, 0.3) is 5.91 Å². The first kappa shape index (κ1) is 21.3. The number of hydrogen-bond donors (Lipinski definition) is 0. The Morgan fingerprint density at radius 1 is 1.12 bits per heavy atom. The van der Waals surface area contributed by atoms with Crippen LogP contribution in [0.15, 0.2) is 65.4 Å². The van der Waals surface area contributed by atoms with Crippen LogP contribution < -0.4 is 9.64 Å². The normalized spacial score (nSPS) is 10.8. The highest BCUT2D eigenvalue weighted by atomic mass is 16.5. The lowest BCUT2D eigenvalue weighted by Crippen LogP contribution is -2.30. The SMILES string of the molecule is CCc1nc(COc2ccc(C(=O)N(Cc3cnn(C)c3)c3ccc(C)cc3)cc2)no1. The maximum atomic E-state index is 13.4. The molecule has 0 atom stereocenters. The predicted octanol–water partition coefficient (Wildman–Crippen LogP) is 4.10. The fraction of sp³-hybridized carbons (Fsp3) is 0.250. The van der Waals surface area contributed by atoms with Gasteiger partial charge in [-0.1, -0.05) is 29.8 Å². The molecule has 0 bridgehead atoms. The second-order valence-corrected chi connectivity index (χ2v) is 7.52. The van der Waals surface area contributed by atoms with Crippen LogP contribution in [0.25, 0.3) is 0 Å². The molecule has 0 unspecified atom stereocenters. The van der Waals surface area contributed by atoms with Crippen molar-refractivity contribution in [2.24, 2.45) is 7.05 Å². The molecule has 8 heteroatoms. The van der Waals surface area contributed by atoms with E-state index < -0.39 is 0 Å². The van der Waals surface area contributed by atoms with E-state index in [0.717, 1.165) is 16.8 Å². The monoisotopic (exact) mass is 431 g/mol. The molecule has 0 N–H and O–H groups in total. The lowest BCUT2D eigenvalue weighted by atomic mass is 10.1. The van der Waals surface area contributed by atoms with Gasteiger partial charge in [-0.25, -0.2) is 0 Å². The third kappa shape index (κ3) is 5.03. The van der Waals surface area contributed by atoms with E-state index in [1.54, 1.807) is 40.0 Å². The zero-order valence-electron chi connectivity index (χ0n) is 18.4. The van der Waals surface area contributed by atoms with Crippen LogP contribution in [0.2, 0.25) is 0 Å². The van der Waals surface area contributed by atoms with Crippen molar-refractivity contribution < 1.29 is 14.1 Å². The van der Waals surface area contributed by atoms with Crippen molar-refractivity contribution in [2.45, 2.75) is 33.4 Å². The van der Waals surface area contributed by atoms with Crippen molar-refractivity contribution in [3.05, 3.63) is 89.3 Å². The van der Waals surface area contributed by atoms with Crippen LogP contribution in [0.4, 0.5) is 5.69 Å². The summed E-state index contributed by atoms with van der Waals surface area (Å²) in [6, 6.07) is 15.0. The van der Waals surface area contributed by atoms with Crippen LogP contribution in [0.3, 0.4) is 0 Å². The van der Waals surface area contributed by atoms with Gasteiger partial charge in [0.2, 0.25) is 11.7 Å². The first-order chi connectivity index (χ1) is 15.5. The number of nitrogens with zero attached hydrogens (tertiary/aromatic N) is 5. The summed E-state index contributed by atoms with van der Waals surface area (Å²) in [6.07, 6.45) is 4.36. The minimum Gasteiger partial charge on any atom is -0.485 e. The summed E-state index contributed by atoms with van der Waals surface area (Å²) >= 11 is 0. The van der Waals surface area contributed by atoms with Gasteiger partial charge in [0, 0.05) is 36.5 Å². The van der Waals surface area contributed by atoms with Gasteiger partial charge in [0.15, 0.2) is 6.61 Å². The summed E-state index contributed by atoms with van der Waals surface area (Å²) < 4.78 is 12.5. The number of hydrogen-bond acceptors (Lipinski definition) is 6. The number of amides is 1. The summed E-state index contributed by atoms with van der Waals surface area (Å²) in [6.45, 7) is 4.59. The summed E-state index contributed by atoms with van der Waals surface area (Å²) in [5.74, 6) is 1.59. The van der Waals surface area contributed by atoms with Crippen LogP contribution in [0.1, 0.15) is 40.1 Å². The third-order valence-corrected chi connectivity index (χ3v) is 4.97. The number of anilines is 1. The Kier molecular flexibility index (Phi) is 6.30. The summed E-state index contributed by atoms with van der Waals surface area (Å²) in [5.41, 5.74) is 3.48. The van der Waals surface area contributed by atoms with Crippen molar-refractivity contribution in [1.82, 2.24) is 19.9 Å². The zero-order chi connectivity index (χ0) is 22.5. The highest BCUT2D eigenvalue weighted by molar-refractivity contribution is 6.06. The van der Waals surface area contributed by atoms with E-state index in [9.17, 15) is 4.79 Å². The molecule has 0 aliphatic heterocycles. The number of carbonyl (C=O) groups excluding carboxylic acids is 1. The van der Waals surface area contributed by atoms with Crippen molar-refractivity contribution in [2.75, 3.05) is 4.90 Å². The van der Waals surface area contributed by atoms with E-state index in [1.807, 2.05) is 51.4 Å². The highest BCUT2D eigenvalue weighted by Gasteiger charge is 2.19. The summed E-state index contributed by atoms with van der Waals surface area (Å²) in [7, 11) is 1.86. The molecule has 0 saturated carbocycles. The minimum absolute atomic E-state index is 0.102. The van der Waals surface area contributed by atoms with E-state index in [4.69, 9.17) is 9.26 Å². The van der Waals surface area contributed by atoms with E-state index >= 15 is 0 Å². The molecule has 0 aliphatic rings. The Morgan fingerprint density at radius 3 is 2.50 bits per heavy atom. The van der Waals surface area contributed by atoms with Crippen molar-refractivity contribution in [3.8, 4) is 5.75 Å². The number of rotatable bonds is 8. The third-order valence-electron chi connectivity index (χ3n) is 4.97. The van der Waals surface area contributed by atoms with Gasteiger partial charge in [-0.3, -0.25) is 9.48 Å². The molecule has 4 rings (SSSR count). The smallest absolute Gasteiger partial charge is 0.258 e. The maximum Gasteiger partial charge on any atom is 0.258 e. The first-order valence-electron chi connectivity index (χ1n) is 10.4. The van der Waals surface area contributed by atoms with Gasteiger partial charge in [-0.2, -0.15) is 10.1 Å². The molecule has 0 aliphatic carbocycles. The van der Waals surface area contributed by atoms with E-state index in [0.29, 0.717) is 36.0 Å². The highest BCUT2D eigenvalue weighted by Crippen LogP contribution is 2.22. The Balaban J connectivity index is 1.50. The molecule has 2 aromatic heterocycles. The van der Waals surface area contributed by atoms with Crippen LogP contribution >= 0.6 is 0 Å². The van der Waals surface area contributed by atoms with Crippen LogP contribution in [-0.2, 0) is 26.6 Å². The average Bonchev–Trinajstić information content (AvgIpc) is 3.45. The predicted molar refractivity (Wildman–Crippen MR) is 119 cm³/mol. The van der Waals surface area contributed by atoms with Gasteiger partial charge in [-0.15, -0.1) is 0 Å². The Labute approximate surface area is 186 Å². The summed E-state index contributed by atoms with van der Waals surface area (Å²) in [4.78, 5) is 19.4. The van der Waals surface area contributed by atoms with Crippen LogP contribution in [0.5, 0.6) is 5.75 Å². The quantitative estimate of drug-likeness (QED) is 0.417. The molecule has 8 nitrogen and oxygen atoms in total. The minimum atomic E-state index is -0.102. The molecule has 0 radical (unpaired) electrons. The molecule has 0 spiro atoms. The zero-order valence-corrected chi connectivity index (χ0v) is 18.4. The van der Waals surface area contributed by atoms with Crippen LogP contribution in [0, 0.1) is 6.92 Å². The second-order valence-electron chi connectivity index (χ2n) is 7.52. The number of carbonyl (C=O) groups is 1. The molecule has 2 heterocycles. The number of aryl methyl sites for hydroxylation is 3. The summed E-state index contributed by atoms with van der Waals surface area (Å²) in [5, 5.41) is 8.09.